The van der Waals surface area contributed by atoms with Gasteiger partial charge in [-0.15, -0.1) is 0 Å². The Morgan fingerprint density at radius 2 is 2.40 bits per heavy atom. The molecule has 0 radical (unpaired) electrons. The van der Waals surface area contributed by atoms with Crippen molar-refractivity contribution in [2.45, 2.75) is 0 Å². The van der Waals surface area contributed by atoms with Crippen molar-refractivity contribution < 1.29 is 0 Å². The molecule has 2 heteroatoms. The summed E-state index contributed by atoms with van der Waals surface area (Å²) in [5.74, 6) is 0. The molecule has 0 saturated heterocycles. The molecule has 0 aliphatic rings. The van der Waals surface area contributed by atoms with E-state index in [4.69, 9.17) is 0 Å². The van der Waals surface area contributed by atoms with E-state index in [1.807, 2.05) is 37.5 Å². The van der Waals surface area contributed by atoms with Crippen LogP contribution >= 0.6 is 0 Å². The molecular formula is C8H10N2. The van der Waals surface area contributed by atoms with Crippen LogP contribution < -0.4 is 5.32 Å². The molecule has 10 heavy (non-hydrogen) atoms. The topological polar surface area (TPSA) is 24.9 Å². The van der Waals surface area contributed by atoms with Gasteiger partial charge in [0.15, 0.2) is 0 Å². The Bertz CT molecular complexity index is 204. The molecule has 1 N–H and O–H groups in total. The van der Waals surface area contributed by atoms with E-state index < -0.39 is 0 Å². The number of rotatable bonds is 2. The number of nitrogens with zero attached hydrogens (tertiary/aromatic N) is 1. The highest BCUT2D eigenvalue weighted by molar-refractivity contribution is 5.42. The third-order valence-electron chi connectivity index (χ3n) is 1.11. The number of hydrogen-bond acceptors (Lipinski definition) is 2. The van der Waals surface area contributed by atoms with Gasteiger partial charge in [0, 0.05) is 13.2 Å². The Balaban J connectivity index is 2.67. The molecule has 1 rings (SSSR count). The minimum absolute atomic E-state index is 0.969. The first-order chi connectivity index (χ1) is 4.93. The lowest BCUT2D eigenvalue weighted by molar-refractivity contribution is 1.11. The first kappa shape index (κ1) is 6.81. The number of nitrogens with one attached hydrogen (secondary N) is 1. The van der Waals surface area contributed by atoms with Gasteiger partial charge in [-0.1, -0.05) is 6.07 Å². The molecular weight excluding hydrogens is 124 g/mol. The lowest BCUT2D eigenvalue weighted by Gasteiger charge is -1.88. The molecule has 0 amide bonds. The van der Waals surface area contributed by atoms with Crippen molar-refractivity contribution in [1.29, 1.82) is 0 Å². The van der Waals surface area contributed by atoms with Crippen LogP contribution in [0.2, 0.25) is 0 Å². The minimum atomic E-state index is 0.969. The van der Waals surface area contributed by atoms with Crippen LogP contribution in [-0.2, 0) is 0 Å². The number of aromatic nitrogens is 1. The largest absolute Gasteiger partial charge is 0.394 e. The Morgan fingerprint density at radius 1 is 1.50 bits per heavy atom. The summed E-state index contributed by atoms with van der Waals surface area (Å²) in [6.07, 6.45) is 5.54. The molecule has 2 nitrogen and oxygen atoms in total. The molecule has 0 aromatic carbocycles. The van der Waals surface area contributed by atoms with E-state index in [1.54, 1.807) is 6.20 Å². The maximum Gasteiger partial charge on any atom is 0.0643 e. The Morgan fingerprint density at radius 3 is 3.00 bits per heavy atom. The maximum atomic E-state index is 4.09. The summed E-state index contributed by atoms with van der Waals surface area (Å²) in [5.41, 5.74) is 0.969. The van der Waals surface area contributed by atoms with Gasteiger partial charge < -0.3 is 5.32 Å². The first-order valence-electron chi connectivity index (χ1n) is 3.18. The molecule has 1 aromatic rings. The molecule has 0 bridgehead atoms. The van der Waals surface area contributed by atoms with Gasteiger partial charge in [0.2, 0.25) is 0 Å². The highest BCUT2D eigenvalue weighted by atomic mass is 14.8. The molecule has 0 aliphatic carbocycles. The summed E-state index contributed by atoms with van der Waals surface area (Å²) in [6.45, 7) is 0. The summed E-state index contributed by atoms with van der Waals surface area (Å²) < 4.78 is 0. The van der Waals surface area contributed by atoms with Gasteiger partial charge in [0.25, 0.3) is 0 Å². The average Bonchev–Trinajstić information content (AvgIpc) is 2.03. The van der Waals surface area contributed by atoms with Gasteiger partial charge in [0.1, 0.15) is 0 Å². The lowest BCUT2D eigenvalue weighted by atomic mass is 10.3. The summed E-state index contributed by atoms with van der Waals surface area (Å²) >= 11 is 0. The molecule has 52 valence electrons. The molecule has 0 fully saturated rings. The SMILES string of the molecule is CN/C=C/c1ccccn1. The van der Waals surface area contributed by atoms with Crippen LogP contribution in [0.25, 0.3) is 6.08 Å². The maximum absolute atomic E-state index is 4.09. The van der Waals surface area contributed by atoms with Crippen LogP contribution in [-0.4, -0.2) is 12.0 Å². The molecule has 1 aromatic heterocycles. The van der Waals surface area contributed by atoms with E-state index in [-0.39, 0.29) is 0 Å². The molecule has 0 atom stereocenters. The second kappa shape index (κ2) is 3.67. The monoisotopic (exact) mass is 134 g/mol. The predicted octanol–water partition coefficient (Wildman–Crippen LogP) is 1.27. The van der Waals surface area contributed by atoms with Crippen molar-refractivity contribution in [3.05, 3.63) is 36.3 Å². The van der Waals surface area contributed by atoms with Crippen molar-refractivity contribution in [3.8, 4) is 0 Å². The molecule has 1 heterocycles. The van der Waals surface area contributed by atoms with Crippen molar-refractivity contribution in [2.24, 2.45) is 0 Å². The van der Waals surface area contributed by atoms with Crippen molar-refractivity contribution in [1.82, 2.24) is 10.3 Å². The number of hydrogen-bond donors (Lipinski definition) is 1. The fourth-order valence-corrected chi connectivity index (χ4v) is 0.643. The van der Waals surface area contributed by atoms with Crippen LogP contribution in [0.1, 0.15) is 5.69 Å². The highest BCUT2D eigenvalue weighted by Gasteiger charge is 1.80. The van der Waals surface area contributed by atoms with Gasteiger partial charge in [-0.2, -0.15) is 0 Å². The smallest absolute Gasteiger partial charge is 0.0643 e. The summed E-state index contributed by atoms with van der Waals surface area (Å²) in [6, 6.07) is 5.81. The molecule has 0 unspecified atom stereocenters. The second-order valence-corrected chi connectivity index (χ2v) is 1.88. The first-order valence-corrected chi connectivity index (χ1v) is 3.18. The van der Waals surface area contributed by atoms with Crippen LogP contribution in [0, 0.1) is 0 Å². The van der Waals surface area contributed by atoms with Gasteiger partial charge in [0.05, 0.1) is 5.69 Å². The zero-order chi connectivity index (χ0) is 7.23. The Labute approximate surface area is 60.6 Å². The Hall–Kier alpha value is -1.31. The summed E-state index contributed by atoms with van der Waals surface area (Å²) in [5, 5.41) is 2.90. The highest BCUT2D eigenvalue weighted by Crippen LogP contribution is 1.93. The Kier molecular flexibility index (Phi) is 2.49. The van der Waals surface area contributed by atoms with E-state index in [9.17, 15) is 0 Å². The second-order valence-electron chi connectivity index (χ2n) is 1.88. The van der Waals surface area contributed by atoms with Crippen LogP contribution in [0.4, 0.5) is 0 Å². The van der Waals surface area contributed by atoms with E-state index >= 15 is 0 Å². The predicted molar refractivity (Wildman–Crippen MR) is 42.3 cm³/mol. The van der Waals surface area contributed by atoms with Gasteiger partial charge in [-0.3, -0.25) is 4.98 Å². The van der Waals surface area contributed by atoms with E-state index in [0.29, 0.717) is 0 Å². The van der Waals surface area contributed by atoms with Crippen molar-refractivity contribution in [3.63, 3.8) is 0 Å². The molecule has 0 aliphatic heterocycles. The van der Waals surface area contributed by atoms with Crippen LogP contribution in [0.3, 0.4) is 0 Å². The van der Waals surface area contributed by atoms with Crippen molar-refractivity contribution in [2.75, 3.05) is 7.05 Å². The fourth-order valence-electron chi connectivity index (χ4n) is 0.643. The van der Waals surface area contributed by atoms with E-state index in [2.05, 4.69) is 10.3 Å². The quantitative estimate of drug-likeness (QED) is 0.659. The molecule has 0 spiro atoms. The van der Waals surface area contributed by atoms with Gasteiger partial charge in [-0.05, 0) is 24.4 Å². The fraction of sp³-hybridized carbons (Fsp3) is 0.125. The van der Waals surface area contributed by atoms with Crippen LogP contribution in [0.5, 0.6) is 0 Å². The lowest BCUT2D eigenvalue weighted by Crippen LogP contribution is -1.91. The molecule has 0 saturated carbocycles. The van der Waals surface area contributed by atoms with Gasteiger partial charge >= 0.3 is 0 Å². The zero-order valence-corrected chi connectivity index (χ0v) is 5.91. The van der Waals surface area contributed by atoms with Crippen LogP contribution in [0.15, 0.2) is 30.6 Å². The average molecular weight is 134 g/mol. The van der Waals surface area contributed by atoms with E-state index in [0.717, 1.165) is 5.69 Å². The third-order valence-corrected chi connectivity index (χ3v) is 1.11. The van der Waals surface area contributed by atoms with Gasteiger partial charge in [-0.25, -0.2) is 0 Å². The number of pyridine rings is 1. The third kappa shape index (κ3) is 1.90. The normalized spacial score (nSPS) is 10.1. The summed E-state index contributed by atoms with van der Waals surface area (Å²) in [7, 11) is 1.86. The standard InChI is InChI=1S/C8H10N2/c1-9-7-5-8-4-2-3-6-10-8/h2-7,9H,1H3/b7-5+. The zero-order valence-electron chi connectivity index (χ0n) is 5.91. The summed E-state index contributed by atoms with van der Waals surface area (Å²) in [4.78, 5) is 4.09. The van der Waals surface area contributed by atoms with Crippen molar-refractivity contribution >= 4 is 6.08 Å². The minimum Gasteiger partial charge on any atom is -0.394 e. The van der Waals surface area contributed by atoms with E-state index in [1.165, 1.54) is 0 Å².